The number of nitrogens with zero attached hydrogens (tertiary/aromatic N) is 1. The van der Waals surface area contributed by atoms with Gasteiger partial charge in [-0.2, -0.15) is 0 Å². The average molecular weight is 413 g/mol. The zero-order chi connectivity index (χ0) is 20.0. The first-order valence-electron chi connectivity index (χ1n) is 9.96. The summed E-state index contributed by atoms with van der Waals surface area (Å²) in [5.41, 5.74) is 0.830. The molecule has 152 valence electrons. The smallest absolute Gasteiger partial charge is 0.305 e. The van der Waals surface area contributed by atoms with Crippen LogP contribution in [0, 0.1) is 5.92 Å². The molecule has 7 heteroatoms. The Morgan fingerprint density at radius 1 is 1.28 bits per heavy atom. The molecule has 6 nitrogen and oxygen atoms in total. The molecule has 1 aromatic heterocycles. The van der Waals surface area contributed by atoms with Crippen molar-refractivity contribution < 1.29 is 14.9 Å². The summed E-state index contributed by atoms with van der Waals surface area (Å²) >= 11 is 1.15. The molecular weight excluding hydrogens is 388 g/mol. The van der Waals surface area contributed by atoms with E-state index in [4.69, 9.17) is 4.74 Å². The number of likely N-dealkylation sites (tertiary alicyclic amines) is 1. The van der Waals surface area contributed by atoms with Crippen molar-refractivity contribution in [1.82, 2.24) is 9.88 Å². The summed E-state index contributed by atoms with van der Waals surface area (Å²) in [7, 11) is 0. The van der Waals surface area contributed by atoms with Crippen molar-refractivity contribution in [2.45, 2.75) is 30.7 Å². The average Bonchev–Trinajstić information content (AvgIpc) is 3.29. The number of H-pyrrole nitrogens is 1. The summed E-state index contributed by atoms with van der Waals surface area (Å²) < 4.78 is 6.90. The Labute approximate surface area is 172 Å². The molecule has 1 aliphatic carbocycles. The Kier molecular flexibility index (Phi) is 4.70. The van der Waals surface area contributed by atoms with E-state index in [1.807, 2.05) is 48.5 Å². The van der Waals surface area contributed by atoms with E-state index < -0.39 is 11.7 Å². The van der Waals surface area contributed by atoms with Gasteiger partial charge in [0.05, 0.1) is 21.9 Å². The first-order valence-corrected chi connectivity index (χ1v) is 10.8. The van der Waals surface area contributed by atoms with Crippen LogP contribution in [0.5, 0.6) is 5.75 Å². The molecule has 0 bridgehead atoms. The number of fused-ring (bicyclic) bond motifs is 2. The number of nitrogens with one attached hydrogen (secondary N) is 1. The summed E-state index contributed by atoms with van der Waals surface area (Å²) in [6.45, 7) is 1.76. The lowest BCUT2D eigenvalue weighted by Crippen LogP contribution is -2.36. The van der Waals surface area contributed by atoms with Crippen LogP contribution in [0.25, 0.3) is 10.2 Å². The van der Waals surface area contributed by atoms with Crippen molar-refractivity contribution in [3.8, 4) is 5.75 Å². The third kappa shape index (κ3) is 3.71. The van der Waals surface area contributed by atoms with Gasteiger partial charge in [-0.05, 0) is 36.2 Å². The third-order valence-corrected chi connectivity index (χ3v) is 7.02. The maximum absolute atomic E-state index is 11.5. The van der Waals surface area contributed by atoms with Gasteiger partial charge < -0.3 is 19.9 Å². The van der Waals surface area contributed by atoms with Gasteiger partial charge >= 0.3 is 4.87 Å². The van der Waals surface area contributed by atoms with Crippen molar-refractivity contribution in [3.05, 3.63) is 63.8 Å². The SMILES string of the molecule is O=c1[nH]c2ccc([C@@H](O)CN3C[C@H]4C[C@H](Oc5ccccc5)C[C@@]4(O)C3)cc2s1. The van der Waals surface area contributed by atoms with Crippen molar-refractivity contribution >= 4 is 21.6 Å². The van der Waals surface area contributed by atoms with Gasteiger partial charge in [-0.15, -0.1) is 0 Å². The molecule has 0 unspecified atom stereocenters. The second kappa shape index (κ2) is 7.25. The van der Waals surface area contributed by atoms with Crippen molar-refractivity contribution in [2.75, 3.05) is 19.6 Å². The van der Waals surface area contributed by atoms with E-state index in [9.17, 15) is 15.0 Å². The van der Waals surface area contributed by atoms with Crippen molar-refractivity contribution in [3.63, 3.8) is 0 Å². The number of rotatable bonds is 5. The maximum atomic E-state index is 11.5. The number of hydrogen-bond acceptors (Lipinski definition) is 6. The Bertz CT molecular complexity index is 1070. The van der Waals surface area contributed by atoms with Crippen LogP contribution in [-0.2, 0) is 0 Å². The van der Waals surface area contributed by atoms with Gasteiger partial charge in [-0.3, -0.25) is 9.69 Å². The molecule has 0 radical (unpaired) electrons. The maximum Gasteiger partial charge on any atom is 0.305 e. The number of ether oxygens (including phenoxy) is 1. The van der Waals surface area contributed by atoms with Crippen LogP contribution in [0.4, 0.5) is 0 Å². The lowest BCUT2D eigenvalue weighted by Gasteiger charge is -2.25. The van der Waals surface area contributed by atoms with Crippen LogP contribution in [0.3, 0.4) is 0 Å². The number of β-amino-alcohol motifs (C(OH)–C–C–N with tert-alkyl or cyclic N) is 2. The highest BCUT2D eigenvalue weighted by Crippen LogP contribution is 2.43. The lowest BCUT2D eigenvalue weighted by molar-refractivity contribution is 0.0179. The van der Waals surface area contributed by atoms with Gasteiger partial charge in [0.15, 0.2) is 0 Å². The predicted molar refractivity (Wildman–Crippen MR) is 112 cm³/mol. The first-order chi connectivity index (χ1) is 14.0. The number of aromatic nitrogens is 1. The van der Waals surface area contributed by atoms with Crippen LogP contribution >= 0.6 is 11.3 Å². The topological polar surface area (TPSA) is 85.8 Å². The molecular formula is C22H24N2O4S. The molecule has 2 fully saturated rings. The third-order valence-electron chi connectivity index (χ3n) is 6.17. The molecule has 3 aromatic rings. The highest BCUT2D eigenvalue weighted by molar-refractivity contribution is 7.16. The van der Waals surface area contributed by atoms with Gasteiger partial charge in [0.25, 0.3) is 0 Å². The van der Waals surface area contributed by atoms with Crippen LogP contribution in [0.1, 0.15) is 24.5 Å². The molecule has 2 heterocycles. The van der Waals surface area contributed by atoms with Crippen LogP contribution in [0.2, 0.25) is 0 Å². The Hall–Kier alpha value is -2.19. The molecule has 5 rings (SSSR count). The van der Waals surface area contributed by atoms with E-state index in [-0.39, 0.29) is 16.9 Å². The summed E-state index contributed by atoms with van der Waals surface area (Å²) in [5.74, 6) is 0.997. The zero-order valence-corrected chi connectivity index (χ0v) is 16.8. The largest absolute Gasteiger partial charge is 0.490 e. The van der Waals surface area contributed by atoms with E-state index in [0.717, 1.165) is 45.8 Å². The highest BCUT2D eigenvalue weighted by Gasteiger charge is 2.52. The molecule has 2 aliphatic rings. The van der Waals surface area contributed by atoms with E-state index in [1.54, 1.807) is 0 Å². The molecule has 2 aromatic carbocycles. The fourth-order valence-corrected chi connectivity index (χ4v) is 5.61. The molecule has 0 amide bonds. The predicted octanol–water partition coefficient (Wildman–Crippen LogP) is 2.53. The van der Waals surface area contributed by atoms with Crippen LogP contribution in [-0.4, -0.2) is 51.4 Å². The fourth-order valence-electron chi connectivity index (χ4n) is 4.82. The van der Waals surface area contributed by atoms with Crippen molar-refractivity contribution in [2.24, 2.45) is 5.92 Å². The Morgan fingerprint density at radius 3 is 2.90 bits per heavy atom. The van der Waals surface area contributed by atoms with Gasteiger partial charge in [-0.1, -0.05) is 35.6 Å². The van der Waals surface area contributed by atoms with Gasteiger partial charge in [0, 0.05) is 32.0 Å². The van der Waals surface area contributed by atoms with Gasteiger partial charge in [-0.25, -0.2) is 0 Å². The van der Waals surface area contributed by atoms with E-state index in [1.165, 1.54) is 0 Å². The van der Waals surface area contributed by atoms with E-state index in [0.29, 0.717) is 19.5 Å². The number of hydrogen-bond donors (Lipinski definition) is 3. The number of aliphatic hydroxyl groups is 2. The summed E-state index contributed by atoms with van der Waals surface area (Å²) in [6.07, 6.45) is 0.803. The van der Waals surface area contributed by atoms with Gasteiger partial charge in [0.1, 0.15) is 11.9 Å². The van der Waals surface area contributed by atoms with Crippen LogP contribution < -0.4 is 9.61 Å². The second-order valence-electron chi connectivity index (χ2n) is 8.27. The highest BCUT2D eigenvalue weighted by atomic mass is 32.1. The number of thiazole rings is 1. The number of para-hydroxylation sites is 1. The number of aromatic amines is 1. The Balaban J connectivity index is 1.21. The number of benzene rings is 2. The molecule has 1 saturated heterocycles. The minimum Gasteiger partial charge on any atom is -0.490 e. The fraction of sp³-hybridized carbons (Fsp3) is 0.409. The minimum absolute atomic E-state index is 0.0262. The quantitative estimate of drug-likeness (QED) is 0.600. The molecule has 29 heavy (non-hydrogen) atoms. The van der Waals surface area contributed by atoms with Crippen molar-refractivity contribution in [1.29, 1.82) is 0 Å². The monoisotopic (exact) mass is 412 g/mol. The van der Waals surface area contributed by atoms with E-state index >= 15 is 0 Å². The molecule has 3 N–H and O–H groups in total. The Morgan fingerprint density at radius 2 is 2.10 bits per heavy atom. The number of aliphatic hydroxyl groups excluding tert-OH is 1. The molecule has 1 aliphatic heterocycles. The minimum atomic E-state index is -0.761. The molecule has 0 spiro atoms. The molecule has 1 saturated carbocycles. The second-order valence-corrected chi connectivity index (χ2v) is 9.29. The lowest BCUT2D eigenvalue weighted by atomic mass is 9.95. The first kappa shape index (κ1) is 18.8. The summed E-state index contributed by atoms with van der Waals surface area (Å²) in [5, 5.41) is 21.8. The summed E-state index contributed by atoms with van der Waals surface area (Å²) in [4.78, 5) is 16.3. The normalized spacial score (nSPS) is 27.9. The van der Waals surface area contributed by atoms with E-state index in [2.05, 4.69) is 9.88 Å². The summed E-state index contributed by atoms with van der Waals surface area (Å²) in [6, 6.07) is 15.3. The van der Waals surface area contributed by atoms with Crippen LogP contribution in [0.15, 0.2) is 53.3 Å². The van der Waals surface area contributed by atoms with Gasteiger partial charge in [0.2, 0.25) is 0 Å². The zero-order valence-electron chi connectivity index (χ0n) is 16.0. The molecule has 4 atom stereocenters. The standard InChI is InChI=1S/C22H24N2O4S/c25-19(14-6-7-18-20(8-14)29-21(26)23-18)12-24-11-15-9-17(10-22(15,27)13-24)28-16-4-2-1-3-5-16/h1-8,15,17,19,25,27H,9-13H2,(H,23,26)/t15-,17+,19+,22-/m1/s1.